The molecule has 0 bridgehead atoms. The third-order valence-electron chi connectivity index (χ3n) is 2.50. The number of halogens is 1. The van der Waals surface area contributed by atoms with Crippen LogP contribution in [0.25, 0.3) is 0 Å². The standard InChI is InChI=1S/C11H17ClN2O3S2/c1-3-4-7-14(2)10(15)8-13-19(16,17)11-6-5-9(12)18-11/h5-6,13H,3-4,7-8H2,1-2H3. The molecule has 1 rings (SSSR count). The van der Waals surface area contributed by atoms with Gasteiger partial charge in [0.25, 0.3) is 10.0 Å². The van der Waals surface area contributed by atoms with Crippen LogP contribution in [0.15, 0.2) is 16.3 Å². The highest BCUT2D eigenvalue weighted by atomic mass is 35.5. The largest absolute Gasteiger partial charge is 0.345 e. The van der Waals surface area contributed by atoms with Crippen LogP contribution in [0.1, 0.15) is 19.8 Å². The van der Waals surface area contributed by atoms with Crippen molar-refractivity contribution in [1.29, 1.82) is 0 Å². The Morgan fingerprint density at radius 3 is 2.68 bits per heavy atom. The summed E-state index contributed by atoms with van der Waals surface area (Å²) >= 11 is 6.65. The molecule has 0 saturated carbocycles. The third kappa shape index (κ3) is 5.10. The Bertz CT molecular complexity index is 528. The number of carbonyl (C=O) groups is 1. The minimum atomic E-state index is -3.65. The summed E-state index contributed by atoms with van der Waals surface area (Å²) in [4.78, 5) is 13.2. The lowest BCUT2D eigenvalue weighted by Crippen LogP contribution is -2.38. The van der Waals surface area contributed by atoms with Crippen molar-refractivity contribution in [3.8, 4) is 0 Å². The summed E-state index contributed by atoms with van der Waals surface area (Å²) < 4.78 is 26.5. The summed E-state index contributed by atoms with van der Waals surface area (Å²) in [7, 11) is -1.99. The summed E-state index contributed by atoms with van der Waals surface area (Å²) in [6.45, 7) is 2.42. The molecule has 5 nitrogen and oxygen atoms in total. The van der Waals surface area contributed by atoms with Crippen molar-refractivity contribution in [1.82, 2.24) is 9.62 Å². The van der Waals surface area contributed by atoms with Crippen LogP contribution < -0.4 is 4.72 Å². The average molecular weight is 325 g/mol. The Morgan fingerprint density at radius 2 is 2.16 bits per heavy atom. The quantitative estimate of drug-likeness (QED) is 0.833. The van der Waals surface area contributed by atoms with E-state index in [0.29, 0.717) is 10.9 Å². The molecule has 0 aliphatic heterocycles. The Balaban J connectivity index is 2.54. The van der Waals surface area contributed by atoms with E-state index in [4.69, 9.17) is 11.6 Å². The van der Waals surface area contributed by atoms with E-state index in [0.717, 1.165) is 24.2 Å². The SMILES string of the molecule is CCCCN(C)C(=O)CNS(=O)(=O)c1ccc(Cl)s1. The molecule has 0 aromatic carbocycles. The maximum absolute atomic E-state index is 11.9. The number of unbranched alkanes of at least 4 members (excludes halogenated alkanes) is 1. The fourth-order valence-electron chi connectivity index (χ4n) is 1.32. The topological polar surface area (TPSA) is 66.5 Å². The first kappa shape index (κ1) is 16.4. The van der Waals surface area contributed by atoms with Crippen LogP contribution in [0, 0.1) is 0 Å². The van der Waals surface area contributed by atoms with E-state index in [1.807, 2.05) is 6.92 Å². The predicted molar refractivity (Wildman–Crippen MR) is 77.1 cm³/mol. The van der Waals surface area contributed by atoms with Gasteiger partial charge in [-0.05, 0) is 18.6 Å². The van der Waals surface area contributed by atoms with Crippen molar-refractivity contribution < 1.29 is 13.2 Å². The van der Waals surface area contributed by atoms with E-state index in [2.05, 4.69) is 4.72 Å². The van der Waals surface area contributed by atoms with Gasteiger partial charge in [0.05, 0.1) is 10.9 Å². The molecule has 0 radical (unpaired) electrons. The average Bonchev–Trinajstić information content (AvgIpc) is 2.80. The molecule has 108 valence electrons. The summed E-state index contributed by atoms with van der Waals surface area (Å²) in [5, 5.41) is 0. The smallest absolute Gasteiger partial charge is 0.250 e. The summed E-state index contributed by atoms with van der Waals surface area (Å²) in [6, 6.07) is 2.93. The molecule has 0 aliphatic rings. The number of hydrogen-bond acceptors (Lipinski definition) is 4. The molecule has 1 amide bonds. The molecule has 8 heteroatoms. The Morgan fingerprint density at radius 1 is 1.47 bits per heavy atom. The van der Waals surface area contributed by atoms with Crippen LogP contribution in [0.3, 0.4) is 0 Å². The van der Waals surface area contributed by atoms with Gasteiger partial charge in [-0.2, -0.15) is 0 Å². The van der Waals surface area contributed by atoms with Gasteiger partial charge in [0.2, 0.25) is 5.91 Å². The fraction of sp³-hybridized carbons (Fsp3) is 0.545. The lowest BCUT2D eigenvalue weighted by molar-refractivity contribution is -0.128. The molecule has 0 spiro atoms. The maximum Gasteiger partial charge on any atom is 0.250 e. The number of amides is 1. The molecule has 19 heavy (non-hydrogen) atoms. The lowest BCUT2D eigenvalue weighted by Gasteiger charge is -2.16. The maximum atomic E-state index is 11.9. The van der Waals surface area contributed by atoms with Crippen LogP contribution in [-0.4, -0.2) is 39.4 Å². The normalized spacial score (nSPS) is 11.5. The second kappa shape index (κ2) is 7.23. The zero-order valence-electron chi connectivity index (χ0n) is 10.8. The lowest BCUT2D eigenvalue weighted by atomic mass is 10.3. The highest BCUT2D eigenvalue weighted by Gasteiger charge is 2.18. The van der Waals surface area contributed by atoms with Crippen LogP contribution in [0.5, 0.6) is 0 Å². The molecule has 0 saturated heterocycles. The number of nitrogens with zero attached hydrogens (tertiary/aromatic N) is 1. The van der Waals surface area contributed by atoms with Gasteiger partial charge in [0.15, 0.2) is 0 Å². The molecule has 0 fully saturated rings. The zero-order valence-corrected chi connectivity index (χ0v) is 13.2. The van der Waals surface area contributed by atoms with Gasteiger partial charge in [-0.1, -0.05) is 24.9 Å². The van der Waals surface area contributed by atoms with Gasteiger partial charge in [-0.25, -0.2) is 13.1 Å². The van der Waals surface area contributed by atoms with Gasteiger partial charge in [-0.3, -0.25) is 4.79 Å². The first-order valence-corrected chi connectivity index (χ1v) is 8.53. The van der Waals surface area contributed by atoms with Gasteiger partial charge >= 0.3 is 0 Å². The monoisotopic (exact) mass is 324 g/mol. The summed E-state index contributed by atoms with van der Waals surface area (Å²) in [6.07, 6.45) is 1.88. The molecule has 0 aliphatic carbocycles. The number of rotatable bonds is 7. The van der Waals surface area contributed by atoms with Crippen molar-refractivity contribution in [3.05, 3.63) is 16.5 Å². The van der Waals surface area contributed by atoms with Crippen molar-refractivity contribution in [2.75, 3.05) is 20.1 Å². The minimum absolute atomic E-state index is 0.113. The van der Waals surface area contributed by atoms with E-state index < -0.39 is 10.0 Å². The molecular weight excluding hydrogens is 308 g/mol. The van der Waals surface area contributed by atoms with Gasteiger partial charge in [0.1, 0.15) is 4.21 Å². The van der Waals surface area contributed by atoms with E-state index in [9.17, 15) is 13.2 Å². The van der Waals surface area contributed by atoms with Crippen LogP contribution in [-0.2, 0) is 14.8 Å². The fourth-order valence-corrected chi connectivity index (χ4v) is 3.83. The van der Waals surface area contributed by atoms with E-state index in [1.54, 1.807) is 7.05 Å². The summed E-state index contributed by atoms with van der Waals surface area (Å²) in [5.41, 5.74) is 0. The second-order valence-corrected chi connectivity index (χ2v) is 7.76. The molecule has 1 N–H and O–H groups in total. The third-order valence-corrected chi connectivity index (χ3v) is 5.62. The number of sulfonamides is 1. The van der Waals surface area contributed by atoms with Gasteiger partial charge < -0.3 is 4.90 Å². The second-order valence-electron chi connectivity index (χ2n) is 4.05. The van der Waals surface area contributed by atoms with Crippen molar-refractivity contribution in [2.24, 2.45) is 0 Å². The first-order valence-electron chi connectivity index (χ1n) is 5.85. The van der Waals surface area contributed by atoms with E-state index >= 15 is 0 Å². The van der Waals surface area contributed by atoms with E-state index in [-0.39, 0.29) is 16.7 Å². The van der Waals surface area contributed by atoms with Crippen molar-refractivity contribution >= 4 is 38.9 Å². The van der Waals surface area contributed by atoms with Crippen LogP contribution in [0.2, 0.25) is 4.34 Å². The van der Waals surface area contributed by atoms with Crippen LogP contribution >= 0.6 is 22.9 Å². The molecular formula is C11H17ClN2O3S2. The zero-order chi connectivity index (χ0) is 14.5. The summed E-state index contributed by atoms with van der Waals surface area (Å²) in [5.74, 6) is -0.250. The predicted octanol–water partition coefficient (Wildman–Crippen LogP) is 1.94. The molecule has 1 aromatic heterocycles. The highest BCUT2D eigenvalue weighted by Crippen LogP contribution is 2.25. The van der Waals surface area contributed by atoms with Crippen LogP contribution in [0.4, 0.5) is 0 Å². The van der Waals surface area contributed by atoms with Gasteiger partial charge in [0, 0.05) is 13.6 Å². The number of nitrogens with one attached hydrogen (secondary N) is 1. The Kier molecular flexibility index (Phi) is 6.25. The van der Waals surface area contributed by atoms with Crippen molar-refractivity contribution in [2.45, 2.75) is 24.0 Å². The molecule has 0 atom stereocenters. The van der Waals surface area contributed by atoms with Gasteiger partial charge in [-0.15, -0.1) is 11.3 Å². The highest BCUT2D eigenvalue weighted by molar-refractivity contribution is 7.91. The van der Waals surface area contributed by atoms with Crippen molar-refractivity contribution in [3.63, 3.8) is 0 Å². The number of thiophene rings is 1. The Hall–Kier alpha value is -0.630. The Labute approximate surface area is 122 Å². The molecule has 1 aromatic rings. The molecule has 0 unspecified atom stereocenters. The minimum Gasteiger partial charge on any atom is -0.345 e. The number of hydrogen-bond donors (Lipinski definition) is 1. The first-order chi connectivity index (χ1) is 8.86. The van der Waals surface area contributed by atoms with E-state index in [1.165, 1.54) is 17.0 Å². The molecule has 1 heterocycles. The number of likely N-dealkylation sites (N-methyl/N-ethyl adjacent to an activating group) is 1. The number of carbonyl (C=O) groups excluding carboxylic acids is 1.